The normalized spacial score (nSPS) is 60.2. The van der Waals surface area contributed by atoms with Gasteiger partial charge in [0.2, 0.25) is 0 Å². The van der Waals surface area contributed by atoms with E-state index >= 15 is 0 Å². The fourth-order valence-corrected chi connectivity index (χ4v) is 3.53. The Morgan fingerprint density at radius 2 is 1.38 bits per heavy atom. The summed E-state index contributed by atoms with van der Waals surface area (Å²) in [4.78, 5) is 0. The van der Waals surface area contributed by atoms with Crippen LogP contribution in [-0.4, -0.2) is 33.7 Å². The molecule has 0 amide bonds. The monoisotopic (exact) mass is 189 g/mol. The van der Waals surface area contributed by atoms with Crippen LogP contribution in [0.3, 0.4) is 0 Å². The number of hydroxylamine groups is 2. The highest BCUT2D eigenvalue weighted by Crippen LogP contribution is 2.56. The first-order valence-corrected chi connectivity index (χ1v) is 4.85. The van der Waals surface area contributed by atoms with Crippen LogP contribution in [0.25, 0.3) is 0 Å². The van der Waals surface area contributed by atoms with Crippen LogP contribution in [-0.2, 0) is 0 Å². The van der Waals surface area contributed by atoms with Gasteiger partial charge < -0.3 is 5.21 Å². The summed E-state index contributed by atoms with van der Waals surface area (Å²) in [6.07, 6.45) is 1.30. The predicted molar refractivity (Wildman–Crippen MR) is 42.0 cm³/mol. The van der Waals surface area contributed by atoms with Gasteiger partial charge in [-0.3, -0.25) is 0 Å². The molecule has 0 radical (unpaired) electrons. The van der Waals surface area contributed by atoms with Crippen LogP contribution in [0.5, 0.6) is 0 Å². The summed E-state index contributed by atoms with van der Waals surface area (Å²) in [6, 6.07) is -0.563. The molecule has 4 bridgehead atoms. The zero-order valence-electron chi connectivity index (χ0n) is 7.34. The van der Waals surface area contributed by atoms with Gasteiger partial charge in [-0.15, -0.1) is 0 Å². The highest BCUT2D eigenvalue weighted by atomic mass is 19.2. The van der Waals surface area contributed by atoms with E-state index in [1.165, 1.54) is 5.06 Å². The van der Waals surface area contributed by atoms with Gasteiger partial charge in [-0.25, -0.2) is 8.78 Å². The minimum atomic E-state index is -1.33. The molecule has 0 spiro atoms. The summed E-state index contributed by atoms with van der Waals surface area (Å²) in [5.41, 5.74) is -2.67. The minimum absolute atomic E-state index is 0.0564. The highest BCUT2D eigenvalue weighted by molar-refractivity contribution is 5.12. The van der Waals surface area contributed by atoms with Gasteiger partial charge in [0.15, 0.2) is 0 Å². The Kier molecular flexibility index (Phi) is 1.29. The molecule has 4 aliphatic rings. The van der Waals surface area contributed by atoms with E-state index in [1.54, 1.807) is 0 Å². The lowest BCUT2D eigenvalue weighted by Gasteiger charge is -2.58. The van der Waals surface area contributed by atoms with E-state index in [-0.39, 0.29) is 18.5 Å². The van der Waals surface area contributed by atoms with E-state index in [1.807, 2.05) is 0 Å². The molecule has 0 aromatic heterocycles. The first-order valence-electron chi connectivity index (χ1n) is 4.85. The molecule has 4 heteroatoms. The third kappa shape index (κ3) is 0.987. The number of hydrogen-bond donors (Lipinski definition) is 1. The Hall–Kier alpha value is -0.220. The molecule has 2 saturated carbocycles. The molecular formula is C9H13F2NO. The van der Waals surface area contributed by atoms with Crippen LogP contribution in [0.15, 0.2) is 0 Å². The third-order valence-corrected chi connectivity index (χ3v) is 3.79. The summed E-state index contributed by atoms with van der Waals surface area (Å²) in [5.74, 6) is 0. The maximum Gasteiger partial charge on any atom is 0.117 e. The molecule has 4 fully saturated rings. The summed E-state index contributed by atoms with van der Waals surface area (Å²) in [6.45, 7) is 0. The average Bonchev–Trinajstić information content (AvgIpc) is 1.94. The van der Waals surface area contributed by atoms with Crippen molar-refractivity contribution < 1.29 is 14.0 Å². The van der Waals surface area contributed by atoms with Crippen LogP contribution >= 0.6 is 0 Å². The molecular weight excluding hydrogens is 176 g/mol. The standard InChI is InChI=1S/C9H13F2NO/c10-8-1-6-2-9(11,5-8)4-7(3-8)12(6)13/h6-7,13H,1-5H2. The molecule has 0 aromatic rings. The second-order valence-electron chi connectivity index (χ2n) is 4.98. The Labute approximate surface area is 75.5 Å². The smallest absolute Gasteiger partial charge is 0.117 e. The molecule has 74 valence electrons. The minimum Gasteiger partial charge on any atom is -0.313 e. The molecule has 2 nitrogen and oxygen atoms in total. The van der Waals surface area contributed by atoms with Crippen molar-refractivity contribution in [2.45, 2.75) is 55.5 Å². The second kappa shape index (κ2) is 2.06. The quantitative estimate of drug-likeness (QED) is 0.628. The van der Waals surface area contributed by atoms with E-state index < -0.39 is 11.3 Å². The Morgan fingerprint density at radius 1 is 1.00 bits per heavy atom. The largest absolute Gasteiger partial charge is 0.313 e. The van der Waals surface area contributed by atoms with Crippen molar-refractivity contribution >= 4 is 0 Å². The maximum absolute atomic E-state index is 13.9. The number of hydrogen-bond acceptors (Lipinski definition) is 2. The fourth-order valence-electron chi connectivity index (χ4n) is 3.53. The molecule has 2 aliphatic heterocycles. The van der Waals surface area contributed by atoms with E-state index in [4.69, 9.17) is 0 Å². The van der Waals surface area contributed by atoms with E-state index in [0.717, 1.165) is 0 Å². The summed E-state index contributed by atoms with van der Waals surface area (Å²) >= 11 is 0. The number of alkyl halides is 2. The third-order valence-electron chi connectivity index (χ3n) is 3.79. The molecule has 2 aliphatic carbocycles. The fraction of sp³-hybridized carbons (Fsp3) is 1.00. The van der Waals surface area contributed by atoms with Crippen molar-refractivity contribution in [3.8, 4) is 0 Å². The molecule has 0 aromatic carbocycles. The zero-order valence-corrected chi connectivity index (χ0v) is 7.34. The van der Waals surface area contributed by atoms with Crippen LogP contribution in [0.4, 0.5) is 8.78 Å². The van der Waals surface area contributed by atoms with Gasteiger partial charge in [0.05, 0.1) is 0 Å². The number of halogens is 2. The molecule has 2 heterocycles. The summed E-state index contributed by atoms with van der Waals surface area (Å²) in [5, 5.41) is 10.7. The predicted octanol–water partition coefficient (Wildman–Crippen LogP) is 1.82. The van der Waals surface area contributed by atoms with Crippen molar-refractivity contribution in [1.82, 2.24) is 5.06 Å². The molecule has 1 N–H and O–H groups in total. The molecule has 0 atom stereocenters. The molecule has 0 unspecified atom stereocenters. The number of piperidine rings is 2. The van der Waals surface area contributed by atoms with Gasteiger partial charge in [-0.1, -0.05) is 0 Å². The van der Waals surface area contributed by atoms with Crippen LogP contribution in [0.1, 0.15) is 32.1 Å². The average molecular weight is 189 g/mol. The van der Waals surface area contributed by atoms with E-state index in [0.29, 0.717) is 25.7 Å². The second-order valence-corrected chi connectivity index (χ2v) is 4.98. The molecule has 2 saturated heterocycles. The van der Waals surface area contributed by atoms with Gasteiger partial charge in [0.1, 0.15) is 11.3 Å². The Bertz CT molecular complexity index is 222. The maximum atomic E-state index is 13.9. The highest BCUT2D eigenvalue weighted by Gasteiger charge is 2.61. The lowest BCUT2D eigenvalue weighted by atomic mass is 9.61. The van der Waals surface area contributed by atoms with Crippen molar-refractivity contribution in [2.24, 2.45) is 0 Å². The van der Waals surface area contributed by atoms with Crippen molar-refractivity contribution in [3.05, 3.63) is 0 Å². The van der Waals surface area contributed by atoms with Gasteiger partial charge in [0.25, 0.3) is 0 Å². The topological polar surface area (TPSA) is 23.5 Å². The van der Waals surface area contributed by atoms with Crippen molar-refractivity contribution in [3.63, 3.8) is 0 Å². The van der Waals surface area contributed by atoms with Crippen LogP contribution in [0, 0.1) is 0 Å². The van der Waals surface area contributed by atoms with E-state index in [2.05, 4.69) is 0 Å². The first kappa shape index (κ1) is 8.12. The lowest BCUT2D eigenvalue weighted by molar-refractivity contribution is -0.272. The number of nitrogens with zero attached hydrogens (tertiary/aromatic N) is 1. The summed E-state index contributed by atoms with van der Waals surface area (Å²) in [7, 11) is 0. The zero-order chi connectivity index (χ0) is 9.27. The first-order chi connectivity index (χ1) is 6.00. The van der Waals surface area contributed by atoms with Gasteiger partial charge in [0, 0.05) is 18.5 Å². The van der Waals surface area contributed by atoms with Gasteiger partial charge in [-0.2, -0.15) is 5.06 Å². The van der Waals surface area contributed by atoms with Gasteiger partial charge >= 0.3 is 0 Å². The SMILES string of the molecule is ON1C2CC3(F)CC1CC(F)(C2)C3. The lowest BCUT2D eigenvalue weighted by Crippen LogP contribution is -2.66. The van der Waals surface area contributed by atoms with Crippen LogP contribution in [0.2, 0.25) is 0 Å². The van der Waals surface area contributed by atoms with Crippen molar-refractivity contribution in [2.75, 3.05) is 0 Å². The summed E-state index contributed by atoms with van der Waals surface area (Å²) < 4.78 is 27.8. The van der Waals surface area contributed by atoms with Crippen molar-refractivity contribution in [1.29, 1.82) is 0 Å². The Balaban J connectivity index is 1.99. The molecule has 13 heavy (non-hydrogen) atoms. The van der Waals surface area contributed by atoms with Crippen LogP contribution < -0.4 is 0 Å². The van der Waals surface area contributed by atoms with E-state index in [9.17, 15) is 14.0 Å². The number of rotatable bonds is 0. The molecule has 4 rings (SSSR count). The Morgan fingerprint density at radius 3 is 1.77 bits per heavy atom. The van der Waals surface area contributed by atoms with Gasteiger partial charge in [-0.05, 0) is 25.7 Å².